The van der Waals surface area contributed by atoms with Crippen LogP contribution < -0.4 is 9.62 Å². The summed E-state index contributed by atoms with van der Waals surface area (Å²) in [5.41, 5.74) is 2.37. The third-order valence-electron chi connectivity index (χ3n) is 4.55. The Bertz CT molecular complexity index is 1090. The van der Waals surface area contributed by atoms with Gasteiger partial charge in [0.15, 0.2) is 0 Å². The predicted molar refractivity (Wildman–Crippen MR) is 104 cm³/mol. The van der Waals surface area contributed by atoms with Crippen LogP contribution in [-0.4, -0.2) is 41.6 Å². The summed E-state index contributed by atoms with van der Waals surface area (Å²) in [4.78, 5) is 25.0. The Labute approximate surface area is 156 Å². The number of sulfonamides is 1. The molecule has 0 radical (unpaired) electrons. The first-order chi connectivity index (χ1) is 13.0. The summed E-state index contributed by atoms with van der Waals surface area (Å²) in [5, 5.41) is 0.907. The minimum Gasteiger partial charge on any atom is -0.346 e. The summed E-state index contributed by atoms with van der Waals surface area (Å²) in [6.07, 6.45) is 6.18. The number of amides is 1. The van der Waals surface area contributed by atoms with Gasteiger partial charge in [-0.15, -0.1) is 0 Å². The van der Waals surface area contributed by atoms with Crippen molar-refractivity contribution in [1.29, 1.82) is 0 Å². The van der Waals surface area contributed by atoms with Crippen LogP contribution >= 0.6 is 0 Å². The third-order valence-corrected chi connectivity index (χ3v) is 5.83. The topological polar surface area (TPSA) is 108 Å². The zero-order chi connectivity index (χ0) is 19.0. The number of aromatic nitrogens is 3. The van der Waals surface area contributed by atoms with Crippen LogP contribution in [0.5, 0.6) is 0 Å². The molecule has 0 saturated heterocycles. The SMILES string of the molecule is CCS(=O)(=O)Nc1ccc(-c2cc(N(C=O)C3CC3)nc3[nH]ccc23)cn1. The van der Waals surface area contributed by atoms with Gasteiger partial charge < -0.3 is 4.98 Å². The summed E-state index contributed by atoms with van der Waals surface area (Å²) in [5.74, 6) is 0.845. The van der Waals surface area contributed by atoms with E-state index in [0.717, 1.165) is 35.8 Å². The Balaban J connectivity index is 1.74. The Hall–Kier alpha value is -2.94. The normalized spacial score (nSPS) is 14.3. The van der Waals surface area contributed by atoms with Crippen molar-refractivity contribution in [1.82, 2.24) is 15.0 Å². The van der Waals surface area contributed by atoms with E-state index in [1.807, 2.05) is 12.1 Å². The van der Waals surface area contributed by atoms with E-state index >= 15 is 0 Å². The van der Waals surface area contributed by atoms with Crippen molar-refractivity contribution >= 4 is 39.1 Å². The van der Waals surface area contributed by atoms with Crippen molar-refractivity contribution < 1.29 is 13.2 Å². The lowest BCUT2D eigenvalue weighted by molar-refractivity contribution is -0.107. The van der Waals surface area contributed by atoms with E-state index in [0.29, 0.717) is 11.5 Å². The fourth-order valence-electron chi connectivity index (χ4n) is 2.92. The Morgan fingerprint density at radius 1 is 1.33 bits per heavy atom. The minimum atomic E-state index is -3.37. The largest absolute Gasteiger partial charge is 0.346 e. The molecule has 1 aliphatic rings. The molecular weight excluding hydrogens is 366 g/mol. The number of aromatic amines is 1. The van der Waals surface area contributed by atoms with Crippen LogP contribution in [0.15, 0.2) is 36.7 Å². The van der Waals surface area contributed by atoms with Gasteiger partial charge in [0, 0.05) is 29.4 Å². The molecule has 3 heterocycles. The van der Waals surface area contributed by atoms with E-state index in [1.165, 1.54) is 0 Å². The predicted octanol–water partition coefficient (Wildman–Crippen LogP) is 2.51. The van der Waals surface area contributed by atoms with Gasteiger partial charge >= 0.3 is 0 Å². The van der Waals surface area contributed by atoms with Crippen LogP contribution in [0.4, 0.5) is 11.6 Å². The number of H-pyrrole nitrogens is 1. The lowest BCUT2D eigenvalue weighted by Crippen LogP contribution is -2.24. The zero-order valence-electron chi connectivity index (χ0n) is 14.7. The monoisotopic (exact) mass is 385 g/mol. The molecule has 27 heavy (non-hydrogen) atoms. The van der Waals surface area contributed by atoms with Crippen molar-refractivity contribution in [2.24, 2.45) is 0 Å². The molecule has 1 amide bonds. The lowest BCUT2D eigenvalue weighted by Gasteiger charge is -2.17. The number of carbonyl (C=O) groups is 1. The Kier molecular flexibility index (Phi) is 4.31. The molecule has 0 spiro atoms. The Morgan fingerprint density at radius 2 is 2.15 bits per heavy atom. The van der Waals surface area contributed by atoms with Gasteiger partial charge in [0.25, 0.3) is 0 Å². The van der Waals surface area contributed by atoms with Crippen molar-refractivity contribution in [2.45, 2.75) is 25.8 Å². The number of rotatable bonds is 7. The summed E-state index contributed by atoms with van der Waals surface area (Å²) >= 11 is 0. The van der Waals surface area contributed by atoms with Gasteiger partial charge in [-0.1, -0.05) is 0 Å². The highest BCUT2D eigenvalue weighted by Crippen LogP contribution is 2.35. The number of anilines is 2. The fourth-order valence-corrected chi connectivity index (χ4v) is 3.50. The molecule has 1 saturated carbocycles. The van der Waals surface area contributed by atoms with E-state index in [4.69, 9.17) is 0 Å². The first kappa shape index (κ1) is 17.5. The molecule has 0 aliphatic heterocycles. The lowest BCUT2D eigenvalue weighted by atomic mass is 10.1. The number of fused-ring (bicyclic) bond motifs is 1. The summed E-state index contributed by atoms with van der Waals surface area (Å²) < 4.78 is 25.8. The molecule has 8 nitrogen and oxygen atoms in total. The fraction of sp³-hybridized carbons (Fsp3) is 0.278. The number of hydrogen-bond acceptors (Lipinski definition) is 5. The molecule has 2 N–H and O–H groups in total. The van der Waals surface area contributed by atoms with Gasteiger partial charge in [-0.3, -0.25) is 14.4 Å². The van der Waals surface area contributed by atoms with Crippen molar-refractivity contribution in [3.05, 3.63) is 36.7 Å². The summed E-state index contributed by atoms with van der Waals surface area (Å²) in [6, 6.07) is 7.42. The molecule has 0 unspecified atom stereocenters. The second kappa shape index (κ2) is 6.66. The van der Waals surface area contributed by atoms with Crippen molar-refractivity contribution in [3.8, 4) is 11.1 Å². The second-order valence-corrected chi connectivity index (χ2v) is 8.46. The first-order valence-corrected chi connectivity index (χ1v) is 10.3. The van der Waals surface area contributed by atoms with E-state index in [-0.39, 0.29) is 17.6 Å². The van der Waals surface area contributed by atoms with Crippen LogP contribution in [-0.2, 0) is 14.8 Å². The van der Waals surface area contributed by atoms with Crippen LogP contribution in [0.3, 0.4) is 0 Å². The maximum Gasteiger partial charge on any atom is 0.233 e. The molecule has 140 valence electrons. The average molecular weight is 385 g/mol. The third kappa shape index (κ3) is 3.50. The summed E-state index contributed by atoms with van der Waals surface area (Å²) in [6.45, 7) is 1.57. The van der Waals surface area contributed by atoms with Crippen molar-refractivity contribution in [2.75, 3.05) is 15.4 Å². The van der Waals surface area contributed by atoms with Gasteiger partial charge in [-0.05, 0) is 49.6 Å². The maximum absolute atomic E-state index is 11.7. The number of pyridine rings is 2. The molecule has 4 rings (SSSR count). The standard InChI is InChI=1S/C18H19N5O3S/c1-2-27(25,26)22-16-6-3-12(10-20-16)15-9-17(23(11-24)13-4-5-13)21-18-14(15)7-8-19-18/h3,6-11,13H,2,4-5H2,1H3,(H,19,21)(H,20,22). The zero-order valence-corrected chi connectivity index (χ0v) is 15.5. The highest BCUT2D eigenvalue weighted by Gasteiger charge is 2.30. The number of hydrogen-bond donors (Lipinski definition) is 2. The molecular formula is C18H19N5O3S. The number of carbonyl (C=O) groups excluding carboxylic acids is 1. The quantitative estimate of drug-likeness (QED) is 0.608. The van der Waals surface area contributed by atoms with E-state index in [9.17, 15) is 13.2 Å². The van der Waals surface area contributed by atoms with E-state index in [1.54, 1.807) is 36.4 Å². The molecule has 1 fully saturated rings. The second-order valence-electron chi connectivity index (χ2n) is 6.45. The molecule has 3 aromatic rings. The molecule has 9 heteroatoms. The van der Waals surface area contributed by atoms with Gasteiger partial charge in [0.2, 0.25) is 16.4 Å². The molecule has 0 aromatic carbocycles. The van der Waals surface area contributed by atoms with Crippen molar-refractivity contribution in [3.63, 3.8) is 0 Å². The van der Waals surface area contributed by atoms with E-state index < -0.39 is 10.0 Å². The average Bonchev–Trinajstić information content (AvgIpc) is 3.38. The van der Waals surface area contributed by atoms with Crippen LogP contribution in [0.1, 0.15) is 19.8 Å². The molecule has 0 atom stereocenters. The summed E-state index contributed by atoms with van der Waals surface area (Å²) in [7, 11) is -3.37. The number of nitrogens with one attached hydrogen (secondary N) is 2. The smallest absolute Gasteiger partial charge is 0.233 e. The molecule has 1 aliphatic carbocycles. The number of nitrogens with zero attached hydrogens (tertiary/aromatic N) is 3. The van der Waals surface area contributed by atoms with Gasteiger partial charge in [0.1, 0.15) is 17.3 Å². The van der Waals surface area contributed by atoms with Crippen LogP contribution in [0, 0.1) is 0 Å². The first-order valence-electron chi connectivity index (χ1n) is 8.69. The molecule has 0 bridgehead atoms. The van der Waals surface area contributed by atoms with Gasteiger partial charge in [-0.25, -0.2) is 18.4 Å². The van der Waals surface area contributed by atoms with Crippen LogP contribution in [0.25, 0.3) is 22.2 Å². The Morgan fingerprint density at radius 3 is 2.78 bits per heavy atom. The molecule has 3 aromatic heterocycles. The minimum absolute atomic E-state index is 0.0170. The highest BCUT2D eigenvalue weighted by molar-refractivity contribution is 7.92. The maximum atomic E-state index is 11.7. The highest BCUT2D eigenvalue weighted by atomic mass is 32.2. The van der Waals surface area contributed by atoms with Gasteiger partial charge in [0.05, 0.1) is 5.75 Å². The van der Waals surface area contributed by atoms with Crippen LogP contribution in [0.2, 0.25) is 0 Å². The van der Waals surface area contributed by atoms with E-state index in [2.05, 4.69) is 19.7 Å². The van der Waals surface area contributed by atoms with Gasteiger partial charge in [-0.2, -0.15) is 0 Å².